The second-order valence-corrected chi connectivity index (χ2v) is 5.51. The lowest BCUT2D eigenvalue weighted by Crippen LogP contribution is -2.22. The van der Waals surface area contributed by atoms with Crippen LogP contribution in [-0.2, 0) is 6.54 Å². The Hall–Kier alpha value is -2.00. The van der Waals surface area contributed by atoms with Crippen LogP contribution in [0.5, 0.6) is 6.01 Å². The molecule has 0 spiro atoms. The molecule has 2 aromatic heterocycles. The van der Waals surface area contributed by atoms with Gasteiger partial charge in [0.15, 0.2) is 0 Å². The van der Waals surface area contributed by atoms with Gasteiger partial charge < -0.3 is 9.64 Å². The predicted octanol–water partition coefficient (Wildman–Crippen LogP) is 1.35. The van der Waals surface area contributed by atoms with E-state index in [4.69, 9.17) is 10.6 Å². The molecule has 2 aromatic rings. The molecule has 0 aliphatic carbocycles. The standard InChI is InChI=1S/C12H19N7OS/c1-4-5-20-12-16-10(18-13)15-11(17-12)19(3)6-9-7-21-8(2)14-9/h7H,4-6,13H2,1-3H3,(H,15,16,17,18). The maximum absolute atomic E-state index is 5.44. The molecule has 21 heavy (non-hydrogen) atoms. The molecule has 2 heterocycles. The van der Waals surface area contributed by atoms with Gasteiger partial charge in [-0.1, -0.05) is 6.92 Å². The summed E-state index contributed by atoms with van der Waals surface area (Å²) in [6, 6.07) is 0.260. The summed E-state index contributed by atoms with van der Waals surface area (Å²) < 4.78 is 5.44. The van der Waals surface area contributed by atoms with Gasteiger partial charge in [0.2, 0.25) is 11.9 Å². The zero-order valence-corrected chi connectivity index (χ0v) is 13.1. The number of nitrogens with one attached hydrogen (secondary N) is 1. The maximum Gasteiger partial charge on any atom is 0.323 e. The van der Waals surface area contributed by atoms with Crippen LogP contribution in [0, 0.1) is 6.92 Å². The molecule has 0 fully saturated rings. The highest BCUT2D eigenvalue weighted by atomic mass is 32.1. The lowest BCUT2D eigenvalue weighted by molar-refractivity contribution is 0.292. The molecule has 0 amide bonds. The fourth-order valence-electron chi connectivity index (χ4n) is 1.63. The van der Waals surface area contributed by atoms with Crippen molar-refractivity contribution in [3.63, 3.8) is 0 Å². The molecule has 3 N–H and O–H groups in total. The molecule has 0 saturated heterocycles. The van der Waals surface area contributed by atoms with E-state index < -0.39 is 0 Å². The molecule has 0 bridgehead atoms. The van der Waals surface area contributed by atoms with Crippen LogP contribution in [0.25, 0.3) is 0 Å². The normalized spacial score (nSPS) is 10.5. The molecule has 0 aliphatic heterocycles. The third-order valence-electron chi connectivity index (χ3n) is 2.57. The summed E-state index contributed by atoms with van der Waals surface area (Å²) in [6.07, 6.45) is 0.875. The Bertz CT molecular complexity index is 589. The SMILES string of the molecule is CCCOc1nc(NN)nc(N(C)Cc2csc(C)n2)n1. The summed E-state index contributed by atoms with van der Waals surface area (Å²) in [4.78, 5) is 18.9. The van der Waals surface area contributed by atoms with Crippen molar-refractivity contribution in [2.45, 2.75) is 26.8 Å². The highest BCUT2D eigenvalue weighted by Gasteiger charge is 2.12. The monoisotopic (exact) mass is 309 g/mol. The smallest absolute Gasteiger partial charge is 0.323 e. The third-order valence-corrected chi connectivity index (χ3v) is 3.40. The number of rotatable bonds is 7. The first kappa shape index (κ1) is 15.4. The number of nitrogen functional groups attached to an aromatic ring is 1. The van der Waals surface area contributed by atoms with Gasteiger partial charge >= 0.3 is 6.01 Å². The summed E-state index contributed by atoms with van der Waals surface area (Å²) in [7, 11) is 1.88. The maximum atomic E-state index is 5.44. The van der Waals surface area contributed by atoms with Crippen LogP contribution in [-0.4, -0.2) is 33.6 Å². The van der Waals surface area contributed by atoms with Crippen LogP contribution < -0.4 is 20.9 Å². The minimum Gasteiger partial charge on any atom is -0.463 e. The predicted molar refractivity (Wildman–Crippen MR) is 82.4 cm³/mol. The number of hydrogen-bond acceptors (Lipinski definition) is 9. The number of hydrogen-bond donors (Lipinski definition) is 2. The lowest BCUT2D eigenvalue weighted by Gasteiger charge is -2.16. The van der Waals surface area contributed by atoms with Crippen molar-refractivity contribution in [3.05, 3.63) is 16.1 Å². The van der Waals surface area contributed by atoms with Gasteiger partial charge in [-0.3, -0.25) is 5.43 Å². The van der Waals surface area contributed by atoms with Crippen LogP contribution in [0.15, 0.2) is 5.38 Å². The second-order valence-electron chi connectivity index (χ2n) is 4.45. The zero-order valence-electron chi connectivity index (χ0n) is 12.3. The van der Waals surface area contributed by atoms with Crippen molar-refractivity contribution >= 4 is 23.2 Å². The molecular weight excluding hydrogens is 290 g/mol. The molecule has 0 aliphatic rings. The summed E-state index contributed by atoms with van der Waals surface area (Å²) in [5.74, 6) is 6.14. The number of ether oxygens (including phenoxy) is 1. The number of nitrogens with two attached hydrogens (primary N) is 1. The van der Waals surface area contributed by atoms with E-state index in [-0.39, 0.29) is 12.0 Å². The molecule has 8 nitrogen and oxygen atoms in total. The first-order chi connectivity index (χ1) is 10.1. The van der Waals surface area contributed by atoms with Crippen molar-refractivity contribution in [2.75, 3.05) is 24.0 Å². The molecule has 114 valence electrons. The highest BCUT2D eigenvalue weighted by Crippen LogP contribution is 2.17. The van der Waals surface area contributed by atoms with Gasteiger partial charge in [0, 0.05) is 12.4 Å². The minimum atomic E-state index is 0.260. The number of hydrazine groups is 1. The Balaban J connectivity index is 2.16. The van der Waals surface area contributed by atoms with E-state index >= 15 is 0 Å². The fourth-order valence-corrected chi connectivity index (χ4v) is 2.24. The number of anilines is 2. The van der Waals surface area contributed by atoms with Crippen LogP contribution in [0.3, 0.4) is 0 Å². The van der Waals surface area contributed by atoms with Gasteiger partial charge in [-0.15, -0.1) is 11.3 Å². The van der Waals surface area contributed by atoms with E-state index in [1.54, 1.807) is 11.3 Å². The number of aromatic nitrogens is 4. The van der Waals surface area contributed by atoms with Crippen LogP contribution in [0.4, 0.5) is 11.9 Å². The average molecular weight is 309 g/mol. The van der Waals surface area contributed by atoms with Gasteiger partial charge in [-0.25, -0.2) is 10.8 Å². The van der Waals surface area contributed by atoms with Gasteiger partial charge in [-0.2, -0.15) is 15.0 Å². The molecule has 9 heteroatoms. The fraction of sp³-hybridized carbons (Fsp3) is 0.500. The summed E-state index contributed by atoms with van der Waals surface area (Å²) in [5, 5.41) is 3.05. The van der Waals surface area contributed by atoms with Gasteiger partial charge in [0.25, 0.3) is 0 Å². The Morgan fingerprint density at radius 2 is 2.14 bits per heavy atom. The van der Waals surface area contributed by atoms with Gasteiger partial charge in [0.05, 0.1) is 23.9 Å². The first-order valence-corrected chi connectivity index (χ1v) is 7.48. The van der Waals surface area contributed by atoms with Crippen molar-refractivity contribution in [1.29, 1.82) is 0 Å². The first-order valence-electron chi connectivity index (χ1n) is 6.60. The molecule has 2 rings (SSSR count). The summed E-state index contributed by atoms with van der Waals surface area (Å²) in [6.45, 7) is 5.14. The molecule has 0 saturated carbocycles. The quantitative estimate of drug-likeness (QED) is 0.583. The van der Waals surface area contributed by atoms with Crippen LogP contribution in [0.2, 0.25) is 0 Å². The molecule has 0 atom stereocenters. The second kappa shape index (κ2) is 7.14. The third kappa shape index (κ3) is 4.23. The minimum absolute atomic E-state index is 0.260. The van der Waals surface area contributed by atoms with E-state index in [1.807, 2.05) is 31.2 Å². The Labute approximate surface area is 127 Å². The van der Waals surface area contributed by atoms with E-state index in [0.717, 1.165) is 17.1 Å². The molecule has 0 radical (unpaired) electrons. The van der Waals surface area contributed by atoms with Crippen molar-refractivity contribution in [2.24, 2.45) is 5.84 Å². The van der Waals surface area contributed by atoms with E-state index in [0.29, 0.717) is 19.1 Å². The van der Waals surface area contributed by atoms with Crippen molar-refractivity contribution in [3.8, 4) is 6.01 Å². The molecule has 0 aromatic carbocycles. The lowest BCUT2D eigenvalue weighted by atomic mass is 10.4. The molecule has 0 unspecified atom stereocenters. The zero-order chi connectivity index (χ0) is 15.2. The number of aryl methyl sites for hydroxylation is 1. The number of nitrogens with zero attached hydrogens (tertiary/aromatic N) is 5. The van der Waals surface area contributed by atoms with Crippen LogP contribution in [0.1, 0.15) is 24.0 Å². The average Bonchev–Trinajstić information content (AvgIpc) is 2.89. The van der Waals surface area contributed by atoms with Crippen molar-refractivity contribution in [1.82, 2.24) is 19.9 Å². The number of thiazole rings is 1. The topological polar surface area (TPSA) is 102 Å². The largest absolute Gasteiger partial charge is 0.463 e. The van der Waals surface area contributed by atoms with Crippen LogP contribution >= 0.6 is 11.3 Å². The Morgan fingerprint density at radius 3 is 2.76 bits per heavy atom. The van der Waals surface area contributed by atoms with Gasteiger partial charge in [0.1, 0.15) is 0 Å². The summed E-state index contributed by atoms with van der Waals surface area (Å²) >= 11 is 1.62. The Morgan fingerprint density at radius 1 is 1.33 bits per heavy atom. The highest BCUT2D eigenvalue weighted by molar-refractivity contribution is 7.09. The van der Waals surface area contributed by atoms with E-state index in [2.05, 4.69) is 25.4 Å². The van der Waals surface area contributed by atoms with E-state index in [1.165, 1.54) is 0 Å². The Kier molecular flexibility index (Phi) is 5.23. The van der Waals surface area contributed by atoms with Gasteiger partial charge in [-0.05, 0) is 13.3 Å². The van der Waals surface area contributed by atoms with Crippen molar-refractivity contribution < 1.29 is 4.74 Å². The molecular formula is C12H19N7OS. The summed E-state index contributed by atoms with van der Waals surface area (Å²) in [5.41, 5.74) is 3.40. The van der Waals surface area contributed by atoms with E-state index in [9.17, 15) is 0 Å².